The van der Waals surface area contributed by atoms with Crippen LogP contribution in [-0.2, 0) is 4.57 Å². The predicted octanol–water partition coefficient (Wildman–Crippen LogP) is 5.36. The topological polar surface area (TPSA) is 37.3 Å². The maximum Gasteiger partial charge on any atom is 0.194 e. The third-order valence-corrected chi connectivity index (χ3v) is 5.52. The van der Waals surface area contributed by atoms with Crippen molar-refractivity contribution in [2.45, 2.75) is 80.3 Å². The minimum Gasteiger partial charge on any atom is -0.346 e. The lowest BCUT2D eigenvalue weighted by atomic mass is 9.68. The van der Waals surface area contributed by atoms with Crippen LogP contribution in [0.2, 0.25) is 0 Å². The van der Waals surface area contributed by atoms with Crippen LogP contribution in [0.4, 0.5) is 0 Å². The summed E-state index contributed by atoms with van der Waals surface area (Å²) in [5.41, 5.74) is 0.370. The molecule has 0 rings (SSSR count). The molecule has 3 heteroatoms. The molecule has 2 nitrogen and oxygen atoms in total. The zero-order valence-electron chi connectivity index (χ0n) is 14.4. The van der Waals surface area contributed by atoms with Crippen LogP contribution in [0.5, 0.6) is 0 Å². The highest BCUT2D eigenvalue weighted by Gasteiger charge is 2.42. The lowest BCUT2D eigenvalue weighted by molar-refractivity contribution is 0.138. The first-order valence-corrected chi connectivity index (χ1v) is 8.77. The summed E-state index contributed by atoms with van der Waals surface area (Å²) in [6, 6.07) is 0. The van der Waals surface area contributed by atoms with E-state index in [0.29, 0.717) is 11.3 Å². The van der Waals surface area contributed by atoms with E-state index in [9.17, 15) is 9.46 Å². The first-order chi connectivity index (χ1) is 8.18. The van der Waals surface area contributed by atoms with Crippen molar-refractivity contribution < 1.29 is 9.46 Å². The van der Waals surface area contributed by atoms with Crippen molar-refractivity contribution in [2.75, 3.05) is 0 Å². The highest BCUT2D eigenvalue weighted by atomic mass is 31.1. The van der Waals surface area contributed by atoms with Crippen LogP contribution in [-0.4, -0.2) is 10.0 Å². The van der Waals surface area contributed by atoms with Gasteiger partial charge in [-0.05, 0) is 35.5 Å². The first kappa shape index (κ1) is 19.2. The van der Waals surface area contributed by atoms with Crippen LogP contribution >= 0.6 is 8.03 Å². The molecule has 3 unspecified atom stereocenters. The number of rotatable bonds is 5. The number of hydrogen-bond acceptors (Lipinski definition) is 1. The van der Waals surface area contributed by atoms with Crippen LogP contribution in [0.15, 0.2) is 0 Å². The predicted molar refractivity (Wildman–Crippen MR) is 86.1 cm³/mol. The van der Waals surface area contributed by atoms with Gasteiger partial charge in [-0.15, -0.1) is 0 Å². The Kier molecular flexibility index (Phi) is 6.37. The van der Waals surface area contributed by atoms with Crippen molar-refractivity contribution in [2.24, 2.45) is 22.7 Å². The minimum atomic E-state index is -2.53. The van der Waals surface area contributed by atoms with Crippen LogP contribution in [0.25, 0.3) is 0 Å². The van der Waals surface area contributed by atoms with E-state index in [1.807, 2.05) is 13.8 Å². The molecule has 0 bridgehead atoms. The largest absolute Gasteiger partial charge is 0.346 e. The molecule has 19 heavy (non-hydrogen) atoms. The van der Waals surface area contributed by atoms with Crippen LogP contribution in [0, 0.1) is 22.7 Å². The average Bonchev–Trinajstić information content (AvgIpc) is 2.08. The molecule has 0 radical (unpaired) electrons. The number of hydrogen-bond donors (Lipinski definition) is 1. The van der Waals surface area contributed by atoms with E-state index >= 15 is 0 Å². The molecule has 0 spiro atoms. The molecule has 3 atom stereocenters. The summed E-state index contributed by atoms with van der Waals surface area (Å²) in [5.74, 6) is 0.832. The SMILES string of the molecule is CC(CC(C(C)(C)C)C(C)(C)[PH](=O)O)CC(C)(C)C. The molecule has 0 aliphatic heterocycles. The summed E-state index contributed by atoms with van der Waals surface area (Å²) in [4.78, 5) is 9.71. The van der Waals surface area contributed by atoms with Gasteiger partial charge in [-0.2, -0.15) is 0 Å². The van der Waals surface area contributed by atoms with Gasteiger partial charge in [0.25, 0.3) is 0 Å². The van der Waals surface area contributed by atoms with E-state index in [1.165, 1.54) is 0 Å². The van der Waals surface area contributed by atoms with Gasteiger partial charge < -0.3 is 4.89 Å². The van der Waals surface area contributed by atoms with Gasteiger partial charge in [0.05, 0.1) is 0 Å². The van der Waals surface area contributed by atoms with Gasteiger partial charge in [0.2, 0.25) is 0 Å². The molecule has 0 saturated carbocycles. The molecule has 0 amide bonds. The summed E-state index contributed by atoms with van der Waals surface area (Å²) in [7, 11) is -2.53. The molecule has 0 aliphatic rings. The molecule has 0 saturated heterocycles. The highest BCUT2D eigenvalue weighted by molar-refractivity contribution is 7.40. The van der Waals surface area contributed by atoms with Crippen molar-refractivity contribution in [1.29, 1.82) is 0 Å². The van der Waals surface area contributed by atoms with Gasteiger partial charge >= 0.3 is 0 Å². The second-order valence-electron chi connectivity index (χ2n) is 9.05. The molecule has 0 heterocycles. The smallest absolute Gasteiger partial charge is 0.194 e. The minimum absolute atomic E-state index is 0.0543. The van der Waals surface area contributed by atoms with E-state index in [-0.39, 0.29) is 11.3 Å². The fraction of sp³-hybridized carbons (Fsp3) is 1.00. The summed E-state index contributed by atoms with van der Waals surface area (Å²) < 4.78 is 11.8. The second kappa shape index (κ2) is 6.31. The van der Waals surface area contributed by atoms with Gasteiger partial charge in [0.1, 0.15) is 0 Å². The Morgan fingerprint density at radius 1 is 1.00 bits per heavy atom. The van der Waals surface area contributed by atoms with Gasteiger partial charge in [-0.25, -0.2) is 0 Å². The maximum atomic E-state index is 11.8. The summed E-state index contributed by atoms with van der Waals surface area (Å²) in [6.07, 6.45) is 2.17. The Morgan fingerprint density at radius 3 is 1.68 bits per heavy atom. The standard InChI is InChI=1S/C16H35O2P/c1-12(11-14(2,3)4)10-13(15(5,6)7)16(8,9)19(17)18/h12-13,19H,10-11H2,1-9H3,(H,17,18). The van der Waals surface area contributed by atoms with Gasteiger partial charge in [0.15, 0.2) is 8.03 Å². The van der Waals surface area contributed by atoms with E-state index in [4.69, 9.17) is 0 Å². The molecule has 0 aromatic heterocycles. The molecule has 0 aliphatic carbocycles. The van der Waals surface area contributed by atoms with Crippen molar-refractivity contribution >= 4 is 8.03 Å². The van der Waals surface area contributed by atoms with Gasteiger partial charge in [0, 0.05) is 5.16 Å². The molecular weight excluding hydrogens is 255 g/mol. The Balaban J connectivity index is 5.07. The fourth-order valence-electron chi connectivity index (χ4n) is 3.41. The summed E-state index contributed by atoms with van der Waals surface area (Å²) in [5, 5.41) is -0.491. The van der Waals surface area contributed by atoms with E-state index < -0.39 is 13.2 Å². The first-order valence-electron chi connectivity index (χ1n) is 7.41. The van der Waals surface area contributed by atoms with Gasteiger partial charge in [-0.1, -0.05) is 62.3 Å². The highest BCUT2D eigenvalue weighted by Crippen LogP contribution is 2.51. The molecule has 0 aromatic rings. The maximum absolute atomic E-state index is 11.8. The van der Waals surface area contributed by atoms with Crippen LogP contribution in [0.3, 0.4) is 0 Å². The van der Waals surface area contributed by atoms with Crippen LogP contribution in [0.1, 0.15) is 75.2 Å². The van der Waals surface area contributed by atoms with Crippen LogP contribution < -0.4 is 0 Å². The molecular formula is C16H35O2P. The molecule has 1 N–H and O–H groups in total. The van der Waals surface area contributed by atoms with E-state index in [1.54, 1.807) is 0 Å². The molecule has 116 valence electrons. The van der Waals surface area contributed by atoms with Crippen molar-refractivity contribution in [3.63, 3.8) is 0 Å². The Labute approximate surface area is 121 Å². The monoisotopic (exact) mass is 290 g/mol. The van der Waals surface area contributed by atoms with Crippen molar-refractivity contribution in [3.8, 4) is 0 Å². The Hall–Kier alpha value is 0.190. The van der Waals surface area contributed by atoms with E-state index in [0.717, 1.165) is 12.8 Å². The quantitative estimate of drug-likeness (QED) is 0.692. The Morgan fingerprint density at radius 2 is 1.42 bits per heavy atom. The second-order valence-corrected chi connectivity index (χ2v) is 11.0. The molecule has 0 fully saturated rings. The molecule has 0 aromatic carbocycles. The fourth-order valence-corrected chi connectivity index (χ4v) is 4.26. The normalized spacial score (nSPS) is 19.1. The third-order valence-electron chi connectivity index (χ3n) is 4.07. The zero-order chi connectivity index (χ0) is 15.6. The zero-order valence-corrected chi connectivity index (χ0v) is 15.4. The van der Waals surface area contributed by atoms with Gasteiger partial charge in [-0.3, -0.25) is 4.57 Å². The lowest BCUT2D eigenvalue weighted by Crippen LogP contribution is -2.38. The van der Waals surface area contributed by atoms with E-state index in [2.05, 4.69) is 48.5 Å². The average molecular weight is 290 g/mol. The summed E-state index contributed by atoms with van der Waals surface area (Å²) >= 11 is 0. The summed E-state index contributed by atoms with van der Waals surface area (Å²) in [6.45, 7) is 19.5. The Bertz CT molecular complexity index is 308. The third kappa shape index (κ3) is 6.45. The van der Waals surface area contributed by atoms with Crippen molar-refractivity contribution in [1.82, 2.24) is 0 Å². The van der Waals surface area contributed by atoms with Crippen molar-refractivity contribution in [3.05, 3.63) is 0 Å². The lowest BCUT2D eigenvalue weighted by Gasteiger charge is -2.43.